The maximum absolute atomic E-state index is 12.4. The minimum atomic E-state index is -0.416. The molecule has 0 atom stereocenters. The van der Waals surface area contributed by atoms with Crippen LogP contribution in [0.15, 0.2) is 30.3 Å². The molecule has 0 unspecified atom stereocenters. The molecule has 0 spiro atoms. The van der Waals surface area contributed by atoms with Crippen molar-refractivity contribution in [3.63, 3.8) is 0 Å². The number of ether oxygens (including phenoxy) is 2. The molecule has 144 valence electrons. The average Bonchev–Trinajstić information content (AvgIpc) is 3.06. The number of carbonyl (C=O) groups is 2. The highest BCUT2D eigenvalue weighted by atomic mass is 32.1. The van der Waals surface area contributed by atoms with E-state index in [0.29, 0.717) is 28.9 Å². The summed E-state index contributed by atoms with van der Waals surface area (Å²) in [5.74, 6) is 0.160. The molecule has 0 radical (unpaired) electrons. The van der Waals surface area contributed by atoms with E-state index in [0.717, 1.165) is 29.1 Å². The minimum Gasteiger partial charge on any atom is -0.494 e. The second-order valence-corrected chi connectivity index (χ2v) is 6.76. The maximum Gasteiger partial charge on any atom is 0.350 e. The molecule has 27 heavy (non-hydrogen) atoms. The number of hydrogen-bond donors (Lipinski definition) is 0. The van der Waals surface area contributed by atoms with Crippen LogP contribution in [0.5, 0.6) is 5.75 Å². The number of likely N-dealkylation sites (N-methyl/N-ethyl adjacent to an activating group) is 1. The fraction of sp³-hybridized carbons (Fsp3) is 0.350. The van der Waals surface area contributed by atoms with Crippen molar-refractivity contribution in [2.75, 3.05) is 25.2 Å². The van der Waals surface area contributed by atoms with Gasteiger partial charge in [0.15, 0.2) is 5.13 Å². The van der Waals surface area contributed by atoms with Gasteiger partial charge in [0, 0.05) is 13.1 Å². The molecule has 1 aromatic heterocycles. The number of aromatic nitrogens is 1. The molecule has 7 heteroatoms. The van der Waals surface area contributed by atoms with Crippen LogP contribution in [-0.2, 0) is 9.53 Å². The van der Waals surface area contributed by atoms with Crippen molar-refractivity contribution in [2.45, 2.75) is 27.2 Å². The molecule has 0 bridgehead atoms. The number of rotatable bonds is 8. The Hall–Kier alpha value is -2.67. The summed E-state index contributed by atoms with van der Waals surface area (Å²) in [7, 11) is 1.63. The van der Waals surface area contributed by atoms with E-state index in [-0.39, 0.29) is 5.91 Å². The minimum absolute atomic E-state index is 0.231. The first-order chi connectivity index (χ1) is 13.0. The molecule has 2 aromatic rings. The van der Waals surface area contributed by atoms with Crippen LogP contribution in [0.2, 0.25) is 0 Å². The lowest BCUT2D eigenvalue weighted by molar-refractivity contribution is -0.113. The third kappa shape index (κ3) is 5.65. The maximum atomic E-state index is 12.4. The van der Waals surface area contributed by atoms with Gasteiger partial charge in [0.05, 0.1) is 18.9 Å². The average molecular weight is 388 g/mol. The van der Waals surface area contributed by atoms with Crippen molar-refractivity contribution in [3.05, 3.63) is 46.5 Å². The van der Waals surface area contributed by atoms with Gasteiger partial charge in [0.25, 0.3) is 5.91 Å². The van der Waals surface area contributed by atoms with Crippen molar-refractivity contribution < 1.29 is 19.1 Å². The molecular weight excluding hydrogens is 364 g/mol. The predicted octanol–water partition coefficient (Wildman–Crippen LogP) is 4.09. The van der Waals surface area contributed by atoms with Gasteiger partial charge >= 0.3 is 5.97 Å². The molecule has 0 saturated heterocycles. The SMILES string of the molecule is CCCOc1ccc(/C=C/C(=O)N(C)c2nc(C)c(C(=O)OCC)s2)cc1. The summed E-state index contributed by atoms with van der Waals surface area (Å²) in [5, 5.41) is 0.452. The van der Waals surface area contributed by atoms with Crippen LogP contribution in [0.3, 0.4) is 0 Å². The third-order valence-corrected chi connectivity index (χ3v) is 4.85. The smallest absolute Gasteiger partial charge is 0.350 e. The molecule has 1 amide bonds. The number of hydrogen-bond acceptors (Lipinski definition) is 6. The van der Waals surface area contributed by atoms with E-state index in [1.165, 1.54) is 11.0 Å². The fourth-order valence-electron chi connectivity index (χ4n) is 2.18. The van der Waals surface area contributed by atoms with Crippen LogP contribution in [0.25, 0.3) is 6.08 Å². The molecule has 2 rings (SSSR count). The molecule has 0 fully saturated rings. The Morgan fingerprint density at radius 1 is 1.22 bits per heavy atom. The van der Waals surface area contributed by atoms with Crippen molar-refractivity contribution in [3.8, 4) is 5.75 Å². The number of anilines is 1. The second kappa shape index (κ2) is 9.87. The number of esters is 1. The highest BCUT2D eigenvalue weighted by Gasteiger charge is 2.20. The summed E-state index contributed by atoms with van der Waals surface area (Å²) >= 11 is 1.14. The molecule has 0 N–H and O–H groups in total. The van der Waals surface area contributed by atoms with E-state index in [4.69, 9.17) is 9.47 Å². The Morgan fingerprint density at radius 3 is 2.56 bits per heavy atom. The molecule has 6 nitrogen and oxygen atoms in total. The zero-order valence-corrected chi connectivity index (χ0v) is 16.8. The van der Waals surface area contributed by atoms with Crippen LogP contribution < -0.4 is 9.64 Å². The van der Waals surface area contributed by atoms with Gasteiger partial charge < -0.3 is 9.47 Å². The van der Waals surface area contributed by atoms with Crippen LogP contribution in [0.1, 0.15) is 41.2 Å². The first-order valence-corrected chi connectivity index (χ1v) is 9.61. The van der Waals surface area contributed by atoms with Gasteiger partial charge in [-0.15, -0.1) is 0 Å². The van der Waals surface area contributed by atoms with Crippen molar-refractivity contribution >= 4 is 34.4 Å². The summed E-state index contributed by atoms with van der Waals surface area (Å²) in [6, 6.07) is 7.53. The molecule has 0 aliphatic rings. The number of aryl methyl sites for hydroxylation is 1. The van der Waals surface area contributed by atoms with Gasteiger partial charge in [-0.3, -0.25) is 9.69 Å². The van der Waals surface area contributed by atoms with Gasteiger partial charge in [-0.2, -0.15) is 0 Å². The number of amides is 1. The zero-order chi connectivity index (χ0) is 19.8. The van der Waals surface area contributed by atoms with E-state index in [1.807, 2.05) is 24.3 Å². The van der Waals surface area contributed by atoms with Crippen molar-refractivity contribution in [2.24, 2.45) is 0 Å². The highest BCUT2D eigenvalue weighted by molar-refractivity contribution is 7.17. The van der Waals surface area contributed by atoms with Crippen LogP contribution in [0, 0.1) is 6.92 Å². The fourth-order valence-corrected chi connectivity index (χ4v) is 3.11. The highest BCUT2D eigenvalue weighted by Crippen LogP contribution is 2.26. The lowest BCUT2D eigenvalue weighted by atomic mass is 10.2. The summed E-state index contributed by atoms with van der Waals surface area (Å²) in [6.07, 6.45) is 4.16. The van der Waals surface area contributed by atoms with E-state index >= 15 is 0 Å². The summed E-state index contributed by atoms with van der Waals surface area (Å²) in [5.41, 5.74) is 1.45. The van der Waals surface area contributed by atoms with Gasteiger partial charge in [0.1, 0.15) is 10.6 Å². The number of thiazole rings is 1. The first-order valence-electron chi connectivity index (χ1n) is 8.79. The van der Waals surface area contributed by atoms with E-state index < -0.39 is 5.97 Å². The summed E-state index contributed by atoms with van der Waals surface area (Å²) < 4.78 is 10.5. The van der Waals surface area contributed by atoms with Gasteiger partial charge in [-0.25, -0.2) is 9.78 Å². The molecule has 0 aliphatic carbocycles. The number of carbonyl (C=O) groups excluding carboxylic acids is 2. The Balaban J connectivity index is 2.03. The predicted molar refractivity (Wildman–Crippen MR) is 107 cm³/mol. The molecular formula is C20H24N2O4S. The Labute approximate surface area is 163 Å². The first kappa shape index (κ1) is 20.6. The van der Waals surface area contributed by atoms with E-state index in [1.54, 1.807) is 27.0 Å². The lowest BCUT2D eigenvalue weighted by Gasteiger charge is -2.10. The monoisotopic (exact) mass is 388 g/mol. The van der Waals surface area contributed by atoms with Crippen LogP contribution >= 0.6 is 11.3 Å². The molecule has 0 saturated carbocycles. The molecule has 0 aliphatic heterocycles. The standard InChI is InChI=1S/C20H24N2O4S/c1-5-13-26-16-10-7-15(8-11-16)9-12-17(23)22(4)20-21-14(3)18(27-20)19(24)25-6-2/h7-12H,5-6,13H2,1-4H3/b12-9+. The Bertz CT molecular complexity index is 812. The Morgan fingerprint density at radius 2 is 1.93 bits per heavy atom. The lowest BCUT2D eigenvalue weighted by Crippen LogP contribution is -2.23. The third-order valence-electron chi connectivity index (χ3n) is 3.63. The topological polar surface area (TPSA) is 68.7 Å². The summed E-state index contributed by atoms with van der Waals surface area (Å²) in [6.45, 7) is 6.50. The summed E-state index contributed by atoms with van der Waals surface area (Å²) in [4.78, 5) is 30.4. The normalized spacial score (nSPS) is 10.8. The largest absolute Gasteiger partial charge is 0.494 e. The van der Waals surface area contributed by atoms with Crippen LogP contribution in [-0.4, -0.2) is 37.1 Å². The second-order valence-electron chi connectivity index (χ2n) is 5.78. The van der Waals surface area contributed by atoms with Crippen molar-refractivity contribution in [1.82, 2.24) is 4.98 Å². The molecule has 1 aromatic carbocycles. The van der Waals surface area contributed by atoms with E-state index in [9.17, 15) is 9.59 Å². The van der Waals surface area contributed by atoms with Crippen LogP contribution in [0.4, 0.5) is 5.13 Å². The number of benzene rings is 1. The quantitative estimate of drug-likeness (QED) is 0.503. The van der Waals surface area contributed by atoms with E-state index in [2.05, 4.69) is 11.9 Å². The van der Waals surface area contributed by atoms with Gasteiger partial charge in [-0.05, 0) is 44.0 Å². The molecule has 1 heterocycles. The number of nitrogens with zero attached hydrogens (tertiary/aromatic N) is 2. The van der Waals surface area contributed by atoms with Gasteiger partial charge in [0.2, 0.25) is 0 Å². The zero-order valence-electron chi connectivity index (χ0n) is 16.0. The van der Waals surface area contributed by atoms with Gasteiger partial charge in [-0.1, -0.05) is 30.4 Å². The van der Waals surface area contributed by atoms with Crippen molar-refractivity contribution in [1.29, 1.82) is 0 Å². The Kier molecular flexibility index (Phi) is 7.55.